The summed E-state index contributed by atoms with van der Waals surface area (Å²) in [6, 6.07) is 45.3. The maximum absolute atomic E-state index is 14.0. The number of fused-ring (bicyclic) bond motifs is 6. The Morgan fingerprint density at radius 2 is 1.02 bits per heavy atom. The predicted octanol–water partition coefficient (Wildman–Crippen LogP) is 15.8. The number of thiophene rings is 2. The Kier molecular flexibility index (Phi) is 19.2. The number of ether oxygens (including phenoxy) is 4. The number of carbonyl (C=O) groups is 4. The van der Waals surface area contributed by atoms with E-state index >= 15 is 0 Å². The normalized spacial score (nSPS) is 18.8. The second-order valence-electron chi connectivity index (χ2n) is 24.5. The van der Waals surface area contributed by atoms with Crippen molar-refractivity contribution in [2.45, 2.75) is 115 Å². The molecule has 4 aromatic heterocycles. The van der Waals surface area contributed by atoms with E-state index in [-0.39, 0.29) is 48.6 Å². The van der Waals surface area contributed by atoms with Crippen molar-refractivity contribution in [3.8, 4) is 22.3 Å². The number of H-pyrrole nitrogens is 1. The van der Waals surface area contributed by atoms with Crippen LogP contribution in [-0.4, -0.2) is 112 Å². The SMILES string of the molecule is CC1(C(=O)O)CCOCC1.CC1(C(=O)n2nc(C3CCCN3C(=O)OCC3c4ccccc4-c4ccccc43)cc2CCc2ccc(Cl)s2)CCOCC1.O=C(OCC1c2ccccc2-c2ccccc21)N1CCCC1c1cc(CCc2ccc(Cl)s2)[nH]n1. The van der Waals surface area contributed by atoms with Crippen molar-refractivity contribution >= 4 is 69.9 Å². The van der Waals surface area contributed by atoms with Gasteiger partial charge in [-0.1, -0.05) is 127 Å². The first-order chi connectivity index (χ1) is 43.2. The van der Waals surface area contributed by atoms with Crippen molar-refractivity contribution in [2.24, 2.45) is 10.8 Å². The Hall–Kier alpha value is -7.12. The molecule has 8 aromatic rings. The topological polar surface area (TPSA) is 178 Å². The van der Waals surface area contributed by atoms with Gasteiger partial charge in [0.15, 0.2) is 0 Å². The minimum Gasteiger partial charge on any atom is -0.481 e. The summed E-state index contributed by atoms with van der Waals surface area (Å²) in [5.74, 6) is -0.635. The number of carboxylic acids is 1. The van der Waals surface area contributed by atoms with Crippen molar-refractivity contribution in [3.05, 3.63) is 197 Å². The third kappa shape index (κ3) is 13.7. The van der Waals surface area contributed by atoms with Crippen molar-refractivity contribution in [1.29, 1.82) is 0 Å². The van der Waals surface area contributed by atoms with Crippen LogP contribution in [0, 0.1) is 10.8 Å². The fourth-order valence-electron chi connectivity index (χ4n) is 13.4. The molecule has 0 saturated carbocycles. The van der Waals surface area contributed by atoms with E-state index in [2.05, 4.69) is 107 Å². The first-order valence-electron chi connectivity index (χ1n) is 31.0. The lowest BCUT2D eigenvalue weighted by Crippen LogP contribution is -2.39. The van der Waals surface area contributed by atoms with Crippen LogP contribution < -0.4 is 0 Å². The van der Waals surface area contributed by atoms with Crippen LogP contribution in [0.5, 0.6) is 0 Å². The average molecular weight is 1280 g/mol. The molecule has 2 amide bonds. The van der Waals surface area contributed by atoms with Gasteiger partial charge in [-0.25, -0.2) is 14.3 Å². The van der Waals surface area contributed by atoms with Gasteiger partial charge in [-0.2, -0.15) is 10.2 Å². The van der Waals surface area contributed by atoms with Gasteiger partial charge in [0.2, 0.25) is 0 Å². The van der Waals surface area contributed by atoms with Crippen LogP contribution in [0.1, 0.15) is 149 Å². The van der Waals surface area contributed by atoms with Gasteiger partial charge in [0, 0.05) is 72.5 Å². The number of benzene rings is 4. The minimum atomic E-state index is -0.698. The molecule has 8 heterocycles. The van der Waals surface area contributed by atoms with E-state index in [1.165, 1.54) is 49.4 Å². The molecule has 2 atom stereocenters. The third-order valence-corrected chi connectivity index (χ3v) is 21.3. The first-order valence-corrected chi connectivity index (χ1v) is 33.4. The van der Waals surface area contributed by atoms with Crippen LogP contribution in [0.3, 0.4) is 0 Å². The molecule has 0 radical (unpaired) electrons. The van der Waals surface area contributed by atoms with E-state index in [1.54, 1.807) is 39.2 Å². The monoisotopic (exact) mass is 1280 g/mol. The largest absolute Gasteiger partial charge is 0.481 e. The van der Waals surface area contributed by atoms with Crippen LogP contribution in [-0.2, 0) is 49.4 Å². The number of carbonyl (C=O) groups excluding carboxylic acids is 3. The number of amides is 2. The number of nitrogens with zero attached hydrogens (tertiary/aromatic N) is 5. The molecule has 0 bridgehead atoms. The maximum Gasteiger partial charge on any atom is 0.410 e. The lowest BCUT2D eigenvalue weighted by Gasteiger charge is -2.31. The molecule has 0 spiro atoms. The lowest BCUT2D eigenvalue weighted by molar-refractivity contribution is -0.153. The number of aliphatic carboxylic acids is 1. The summed E-state index contributed by atoms with van der Waals surface area (Å²) < 4.78 is 25.8. The van der Waals surface area contributed by atoms with Gasteiger partial charge in [-0.3, -0.25) is 24.5 Å². The zero-order valence-electron chi connectivity index (χ0n) is 50.2. The van der Waals surface area contributed by atoms with Crippen LogP contribution >= 0.6 is 45.9 Å². The summed E-state index contributed by atoms with van der Waals surface area (Å²) in [6.45, 7) is 8.00. The highest BCUT2D eigenvalue weighted by molar-refractivity contribution is 7.16. The summed E-state index contributed by atoms with van der Waals surface area (Å²) in [7, 11) is 0. The Morgan fingerprint density at radius 3 is 1.46 bits per heavy atom. The number of aromatic nitrogens is 4. The van der Waals surface area contributed by atoms with E-state index in [0.717, 1.165) is 81.3 Å². The maximum atomic E-state index is 14.0. The molecule has 2 N–H and O–H groups in total. The van der Waals surface area contributed by atoms with Crippen LogP contribution in [0.15, 0.2) is 133 Å². The van der Waals surface area contributed by atoms with Gasteiger partial charge in [0.1, 0.15) is 13.2 Å². The number of aromatic amines is 1. The Balaban J connectivity index is 0.000000152. The molecular weight excluding hydrogens is 1200 g/mol. The van der Waals surface area contributed by atoms with Gasteiger partial charge in [0.05, 0.1) is 43.0 Å². The van der Waals surface area contributed by atoms with Crippen molar-refractivity contribution < 1.29 is 43.2 Å². The van der Waals surface area contributed by atoms with E-state index < -0.39 is 16.8 Å². The molecule has 15 nitrogen and oxygen atoms in total. The average Bonchev–Trinajstić information content (AvgIpc) is 1.68. The fraction of sp³-hybridized carbons (Fsp3) is 0.400. The molecule has 464 valence electrons. The molecule has 6 aliphatic rings. The number of aryl methyl sites for hydroxylation is 4. The fourth-order valence-corrected chi connectivity index (χ4v) is 15.6. The van der Waals surface area contributed by atoms with E-state index in [0.29, 0.717) is 78.2 Å². The molecule has 4 fully saturated rings. The zero-order chi connectivity index (χ0) is 61.7. The van der Waals surface area contributed by atoms with E-state index in [4.69, 9.17) is 52.4 Å². The molecule has 4 aliphatic heterocycles. The number of nitrogens with one attached hydrogen (secondary N) is 1. The molecule has 14 rings (SSSR count). The summed E-state index contributed by atoms with van der Waals surface area (Å²) in [5, 5.41) is 21.4. The number of rotatable bonds is 14. The van der Waals surface area contributed by atoms with E-state index in [1.807, 2.05) is 48.2 Å². The number of halogens is 2. The minimum absolute atomic E-state index is 0.00167. The van der Waals surface area contributed by atoms with E-state index in [9.17, 15) is 19.2 Å². The number of carboxylic acid groups (broad SMARTS) is 1. The molecule has 89 heavy (non-hydrogen) atoms. The molecule has 4 aromatic carbocycles. The second kappa shape index (κ2) is 27.5. The van der Waals surface area contributed by atoms with Gasteiger partial charge in [0.25, 0.3) is 5.91 Å². The highest BCUT2D eigenvalue weighted by Crippen LogP contribution is 2.47. The molecule has 2 aliphatic carbocycles. The van der Waals surface area contributed by atoms with Gasteiger partial charge < -0.3 is 24.1 Å². The highest BCUT2D eigenvalue weighted by Gasteiger charge is 2.41. The van der Waals surface area contributed by atoms with Gasteiger partial charge >= 0.3 is 18.2 Å². The smallest absolute Gasteiger partial charge is 0.410 e. The van der Waals surface area contributed by atoms with Crippen LogP contribution in [0.4, 0.5) is 9.59 Å². The van der Waals surface area contributed by atoms with Crippen LogP contribution in [0.25, 0.3) is 22.3 Å². The number of hydrogen-bond donors (Lipinski definition) is 2. The lowest BCUT2D eigenvalue weighted by atomic mass is 9.81. The summed E-state index contributed by atoms with van der Waals surface area (Å²) in [4.78, 5) is 57.5. The zero-order valence-corrected chi connectivity index (χ0v) is 53.3. The molecule has 19 heteroatoms. The molecule has 4 saturated heterocycles. The molecular formula is C70H74Cl2N6O9S2. The summed E-state index contributed by atoms with van der Waals surface area (Å²) in [6.07, 6.45) is 8.69. The van der Waals surface area contributed by atoms with Crippen molar-refractivity contribution in [1.82, 2.24) is 29.8 Å². The van der Waals surface area contributed by atoms with Crippen molar-refractivity contribution in [2.75, 3.05) is 52.7 Å². The summed E-state index contributed by atoms with van der Waals surface area (Å²) >= 11 is 15.4. The second-order valence-corrected chi connectivity index (χ2v) is 28.1. The van der Waals surface area contributed by atoms with Crippen LogP contribution in [0.2, 0.25) is 8.67 Å². The molecule has 2 unspecified atom stereocenters. The number of likely N-dealkylation sites (tertiary alicyclic amines) is 2. The standard InChI is InChI=1S/C35H36ClN3O4S.C28H26ClN3O2S.C7H12O3/c1-35(16-19-42-20-17-35)33(40)39-23(12-13-24-14-15-32(36)44-24)21-30(37-39)31-11-6-18-38(31)34(41)43-22-29-27-9-4-2-7-25(27)26-8-3-5-10-28(26)29;29-27-14-13-19(35-27)12-11-18-16-25(31-30-18)26-10-5-15-32(26)28(33)34-17-24-22-8-3-1-6-20(22)21-7-2-4-9-23(21)24;1-7(6(8)9)2-4-10-5-3-7/h2-5,7-10,14-15,21,29,31H,6,11-13,16-20,22H2,1H3;1-4,6-9,13-14,16,24,26H,5,10-12,15,17H2,(H,30,31);2-5H2,1H3,(H,8,9). The number of hydrogen-bond acceptors (Lipinski definition) is 12. The quantitative estimate of drug-likeness (QED) is 0.106. The highest BCUT2D eigenvalue weighted by atomic mass is 35.5. The van der Waals surface area contributed by atoms with Crippen molar-refractivity contribution in [3.63, 3.8) is 0 Å². The summed E-state index contributed by atoms with van der Waals surface area (Å²) in [5.41, 5.74) is 12.2. The third-order valence-electron chi connectivity index (χ3n) is 18.7. The Bertz CT molecular complexity index is 3730. The van der Waals surface area contributed by atoms with Gasteiger partial charge in [-0.05, 0) is 165 Å². The first kappa shape index (κ1) is 62.1. The Morgan fingerprint density at radius 1 is 0.584 bits per heavy atom. The predicted molar refractivity (Wildman–Crippen MR) is 346 cm³/mol. The van der Waals surface area contributed by atoms with Gasteiger partial charge in [-0.15, -0.1) is 22.7 Å². The Labute approximate surface area is 537 Å².